The predicted molar refractivity (Wildman–Crippen MR) is 73.9 cm³/mol. The van der Waals surface area contributed by atoms with Crippen molar-refractivity contribution < 1.29 is 19.1 Å². The third-order valence-electron chi connectivity index (χ3n) is 2.93. The molecule has 0 bridgehead atoms. The van der Waals surface area contributed by atoms with Crippen molar-refractivity contribution in [2.45, 2.75) is 13.8 Å². The molecule has 7 nitrogen and oxygen atoms in total. The average molecular weight is 289 g/mol. The molecular formula is C14H15N3O4. The first-order valence-electron chi connectivity index (χ1n) is 6.35. The second-order valence-electron chi connectivity index (χ2n) is 4.26. The summed E-state index contributed by atoms with van der Waals surface area (Å²) in [6.07, 6.45) is 0. The molecule has 0 saturated carbocycles. The van der Waals surface area contributed by atoms with Gasteiger partial charge in [0.25, 0.3) is 0 Å². The van der Waals surface area contributed by atoms with Gasteiger partial charge in [0.15, 0.2) is 5.69 Å². The van der Waals surface area contributed by atoms with Gasteiger partial charge in [-0.1, -0.05) is 12.1 Å². The Kier molecular flexibility index (Phi) is 4.32. The van der Waals surface area contributed by atoms with Gasteiger partial charge >= 0.3 is 11.9 Å². The molecule has 0 spiro atoms. The van der Waals surface area contributed by atoms with Crippen LogP contribution < -0.4 is 0 Å². The zero-order chi connectivity index (χ0) is 15.4. The standard InChI is InChI=1S/C14H15N3O4/c1-4-21-14(19)12-11(15-17-16-12)9-6-5-8(2)10(7-9)13(18)20-3/h5-7H,4H2,1-3H3,(H,15,16,17). The number of nitrogens with one attached hydrogen (secondary N) is 1. The maximum atomic E-state index is 11.8. The summed E-state index contributed by atoms with van der Waals surface area (Å²) in [5.74, 6) is -1.02. The smallest absolute Gasteiger partial charge is 0.361 e. The first kappa shape index (κ1) is 14.7. The number of rotatable bonds is 4. The number of hydrogen-bond acceptors (Lipinski definition) is 6. The third-order valence-corrected chi connectivity index (χ3v) is 2.93. The Balaban J connectivity index is 2.46. The summed E-state index contributed by atoms with van der Waals surface area (Å²) in [6.45, 7) is 3.75. The van der Waals surface area contributed by atoms with Crippen molar-refractivity contribution in [2.24, 2.45) is 0 Å². The molecule has 0 amide bonds. The van der Waals surface area contributed by atoms with Crippen LogP contribution in [0.3, 0.4) is 0 Å². The molecular weight excluding hydrogens is 274 g/mol. The van der Waals surface area contributed by atoms with E-state index in [2.05, 4.69) is 15.4 Å². The highest BCUT2D eigenvalue weighted by Gasteiger charge is 2.20. The molecule has 0 unspecified atom stereocenters. The van der Waals surface area contributed by atoms with Gasteiger partial charge in [-0.3, -0.25) is 0 Å². The van der Waals surface area contributed by atoms with Crippen LogP contribution in [0.5, 0.6) is 0 Å². The van der Waals surface area contributed by atoms with Gasteiger partial charge < -0.3 is 9.47 Å². The Morgan fingerprint density at radius 2 is 2.00 bits per heavy atom. The number of nitrogens with zero attached hydrogens (tertiary/aromatic N) is 2. The monoisotopic (exact) mass is 289 g/mol. The number of methoxy groups -OCH3 is 1. The van der Waals surface area contributed by atoms with Gasteiger partial charge in [-0.05, 0) is 25.5 Å². The Labute approximate surface area is 121 Å². The fraction of sp³-hybridized carbons (Fsp3) is 0.286. The molecule has 0 aliphatic carbocycles. The van der Waals surface area contributed by atoms with E-state index >= 15 is 0 Å². The Bertz CT molecular complexity index is 679. The summed E-state index contributed by atoms with van der Waals surface area (Å²) >= 11 is 0. The van der Waals surface area contributed by atoms with Crippen molar-refractivity contribution in [3.63, 3.8) is 0 Å². The number of benzene rings is 1. The summed E-state index contributed by atoms with van der Waals surface area (Å²) in [4.78, 5) is 23.5. The van der Waals surface area contributed by atoms with E-state index in [1.165, 1.54) is 7.11 Å². The molecule has 0 saturated heterocycles. The number of carbonyl (C=O) groups excluding carboxylic acids is 2. The highest BCUT2D eigenvalue weighted by molar-refractivity contribution is 5.96. The molecule has 0 fully saturated rings. The molecule has 0 aliphatic rings. The van der Waals surface area contributed by atoms with Crippen molar-refractivity contribution in [3.8, 4) is 11.3 Å². The zero-order valence-electron chi connectivity index (χ0n) is 12.0. The van der Waals surface area contributed by atoms with Crippen molar-refractivity contribution >= 4 is 11.9 Å². The summed E-state index contributed by atoms with van der Waals surface area (Å²) in [5.41, 5.74) is 2.17. The van der Waals surface area contributed by atoms with Gasteiger partial charge in [0.2, 0.25) is 0 Å². The Hall–Kier alpha value is -2.70. The normalized spacial score (nSPS) is 10.2. The molecule has 1 aromatic carbocycles. The second-order valence-corrected chi connectivity index (χ2v) is 4.26. The van der Waals surface area contributed by atoms with Gasteiger partial charge in [-0.25, -0.2) is 9.59 Å². The number of aromatic amines is 1. The van der Waals surface area contributed by atoms with Gasteiger partial charge in [0, 0.05) is 5.56 Å². The first-order valence-corrected chi connectivity index (χ1v) is 6.35. The van der Waals surface area contributed by atoms with Crippen molar-refractivity contribution in [1.82, 2.24) is 15.4 Å². The third kappa shape index (κ3) is 2.91. The lowest BCUT2D eigenvalue weighted by Crippen LogP contribution is -2.07. The molecule has 0 aliphatic heterocycles. The van der Waals surface area contributed by atoms with Crippen LogP contribution in [-0.2, 0) is 9.47 Å². The Morgan fingerprint density at radius 3 is 2.67 bits per heavy atom. The molecule has 21 heavy (non-hydrogen) atoms. The highest BCUT2D eigenvalue weighted by atomic mass is 16.5. The van der Waals surface area contributed by atoms with E-state index in [9.17, 15) is 9.59 Å². The lowest BCUT2D eigenvalue weighted by atomic mass is 10.0. The lowest BCUT2D eigenvalue weighted by Gasteiger charge is -2.06. The molecule has 7 heteroatoms. The SMILES string of the molecule is CCOC(=O)c1n[nH]nc1-c1ccc(C)c(C(=O)OC)c1. The quantitative estimate of drug-likeness (QED) is 0.862. The van der Waals surface area contributed by atoms with E-state index in [-0.39, 0.29) is 12.3 Å². The fourth-order valence-corrected chi connectivity index (χ4v) is 1.87. The van der Waals surface area contributed by atoms with E-state index in [1.807, 2.05) is 0 Å². The van der Waals surface area contributed by atoms with E-state index in [0.717, 1.165) is 5.56 Å². The molecule has 0 atom stereocenters. The van der Waals surface area contributed by atoms with Crippen molar-refractivity contribution in [2.75, 3.05) is 13.7 Å². The number of esters is 2. The molecule has 2 aromatic rings. The van der Waals surface area contributed by atoms with Crippen LogP contribution in [0.1, 0.15) is 33.3 Å². The van der Waals surface area contributed by atoms with Crippen LogP contribution in [0, 0.1) is 6.92 Å². The summed E-state index contributed by atoms with van der Waals surface area (Å²) < 4.78 is 9.65. The number of hydrogen-bond donors (Lipinski definition) is 1. The van der Waals surface area contributed by atoms with Gasteiger partial charge in [-0.2, -0.15) is 10.3 Å². The fourth-order valence-electron chi connectivity index (χ4n) is 1.87. The minimum absolute atomic E-state index is 0.0801. The maximum absolute atomic E-state index is 11.8. The predicted octanol–water partition coefficient (Wildman–Crippen LogP) is 1.74. The second kappa shape index (κ2) is 6.17. The number of H-pyrrole nitrogens is 1. The van der Waals surface area contributed by atoms with Crippen LogP contribution in [-0.4, -0.2) is 41.1 Å². The molecule has 1 aromatic heterocycles. The molecule has 110 valence electrons. The molecule has 1 N–H and O–H groups in total. The molecule has 1 heterocycles. The molecule has 2 rings (SSSR count). The average Bonchev–Trinajstić information content (AvgIpc) is 2.96. The van der Waals surface area contributed by atoms with Crippen LogP contribution in [0.15, 0.2) is 18.2 Å². The minimum atomic E-state index is -0.568. The zero-order valence-corrected chi connectivity index (χ0v) is 12.0. The molecule has 0 radical (unpaired) electrons. The summed E-state index contributed by atoms with van der Waals surface area (Å²) in [6, 6.07) is 5.12. The summed E-state index contributed by atoms with van der Waals surface area (Å²) in [7, 11) is 1.31. The minimum Gasteiger partial charge on any atom is -0.465 e. The van der Waals surface area contributed by atoms with Gasteiger partial charge in [0.1, 0.15) is 5.69 Å². The number of ether oxygens (including phenoxy) is 2. The number of aromatic nitrogens is 3. The Morgan fingerprint density at radius 1 is 1.24 bits per heavy atom. The van der Waals surface area contributed by atoms with Crippen LogP contribution in [0.4, 0.5) is 0 Å². The van der Waals surface area contributed by atoms with Crippen molar-refractivity contribution in [3.05, 3.63) is 35.0 Å². The largest absolute Gasteiger partial charge is 0.465 e. The van der Waals surface area contributed by atoms with E-state index in [0.29, 0.717) is 16.8 Å². The number of aryl methyl sites for hydroxylation is 1. The first-order chi connectivity index (χ1) is 10.1. The van der Waals surface area contributed by atoms with E-state index in [1.54, 1.807) is 32.0 Å². The van der Waals surface area contributed by atoms with Crippen molar-refractivity contribution in [1.29, 1.82) is 0 Å². The maximum Gasteiger partial charge on any atom is 0.361 e. The van der Waals surface area contributed by atoms with Crippen LogP contribution in [0.25, 0.3) is 11.3 Å². The topological polar surface area (TPSA) is 94.2 Å². The van der Waals surface area contributed by atoms with Gasteiger partial charge in [0.05, 0.1) is 19.3 Å². The van der Waals surface area contributed by atoms with E-state index < -0.39 is 11.9 Å². The van der Waals surface area contributed by atoms with E-state index in [4.69, 9.17) is 9.47 Å². The summed E-state index contributed by atoms with van der Waals surface area (Å²) in [5, 5.41) is 10.2. The lowest BCUT2D eigenvalue weighted by molar-refractivity contribution is 0.0519. The van der Waals surface area contributed by atoms with Gasteiger partial charge in [-0.15, -0.1) is 5.10 Å². The van der Waals surface area contributed by atoms with Crippen LogP contribution >= 0.6 is 0 Å². The number of carbonyl (C=O) groups is 2. The van der Waals surface area contributed by atoms with Crippen LogP contribution in [0.2, 0.25) is 0 Å². The highest BCUT2D eigenvalue weighted by Crippen LogP contribution is 2.23.